The molecular formula is C21H25N3O2S2. The van der Waals surface area contributed by atoms with E-state index in [1.54, 1.807) is 23.5 Å². The second kappa shape index (κ2) is 8.19. The molecule has 1 saturated heterocycles. The molecule has 0 saturated carbocycles. The van der Waals surface area contributed by atoms with Crippen molar-refractivity contribution in [3.05, 3.63) is 54.1 Å². The first-order valence-electron chi connectivity index (χ1n) is 9.74. The molecule has 148 valence electrons. The van der Waals surface area contributed by atoms with Gasteiger partial charge in [-0.3, -0.25) is 0 Å². The molecule has 0 unspecified atom stereocenters. The summed E-state index contributed by atoms with van der Waals surface area (Å²) in [6.45, 7) is 4.38. The monoisotopic (exact) mass is 415 g/mol. The van der Waals surface area contributed by atoms with Gasteiger partial charge in [-0.2, -0.15) is 0 Å². The quantitative estimate of drug-likeness (QED) is 0.660. The van der Waals surface area contributed by atoms with Gasteiger partial charge < -0.3 is 4.90 Å². The number of aryl methyl sites for hydroxylation is 1. The lowest BCUT2D eigenvalue weighted by Gasteiger charge is -2.31. The summed E-state index contributed by atoms with van der Waals surface area (Å²) in [5.41, 5.74) is 2.19. The SMILES string of the molecule is CCc1ccc(S(=O)(=O)NCC2CCN(c3nc4ccccc4s3)CC2)cc1. The highest BCUT2D eigenvalue weighted by Gasteiger charge is 2.23. The molecule has 1 fully saturated rings. The average molecular weight is 416 g/mol. The van der Waals surface area contributed by atoms with Crippen molar-refractivity contribution in [3.63, 3.8) is 0 Å². The number of benzene rings is 2. The van der Waals surface area contributed by atoms with E-state index in [9.17, 15) is 8.42 Å². The predicted octanol–water partition coefficient (Wildman–Crippen LogP) is 4.05. The van der Waals surface area contributed by atoms with Crippen LogP contribution in [0, 0.1) is 5.92 Å². The minimum atomic E-state index is -3.44. The van der Waals surface area contributed by atoms with E-state index in [1.807, 2.05) is 30.3 Å². The highest BCUT2D eigenvalue weighted by Crippen LogP contribution is 2.31. The van der Waals surface area contributed by atoms with Gasteiger partial charge in [0.25, 0.3) is 0 Å². The molecule has 4 rings (SSSR count). The van der Waals surface area contributed by atoms with Crippen molar-refractivity contribution >= 4 is 36.7 Å². The fourth-order valence-corrected chi connectivity index (χ4v) is 5.67. The fourth-order valence-electron chi connectivity index (χ4n) is 3.54. The third kappa shape index (κ3) is 4.21. The van der Waals surface area contributed by atoms with Crippen molar-refractivity contribution in [3.8, 4) is 0 Å². The van der Waals surface area contributed by atoms with E-state index < -0.39 is 10.0 Å². The number of fused-ring (bicyclic) bond motifs is 1. The summed E-state index contributed by atoms with van der Waals surface area (Å²) in [4.78, 5) is 7.40. The van der Waals surface area contributed by atoms with E-state index >= 15 is 0 Å². The molecule has 0 radical (unpaired) electrons. The van der Waals surface area contributed by atoms with Gasteiger partial charge >= 0.3 is 0 Å². The largest absolute Gasteiger partial charge is 0.348 e. The number of rotatable bonds is 6. The van der Waals surface area contributed by atoms with E-state index in [4.69, 9.17) is 4.98 Å². The Bertz CT molecular complexity index is 1000. The molecule has 0 spiro atoms. The van der Waals surface area contributed by atoms with Crippen LogP contribution in [0.3, 0.4) is 0 Å². The molecule has 0 amide bonds. The highest BCUT2D eigenvalue weighted by atomic mass is 32.2. The molecule has 2 aromatic carbocycles. The van der Waals surface area contributed by atoms with E-state index in [-0.39, 0.29) is 0 Å². The topological polar surface area (TPSA) is 62.3 Å². The molecule has 1 aliphatic heterocycles. The lowest BCUT2D eigenvalue weighted by molar-refractivity contribution is 0.402. The van der Waals surface area contributed by atoms with Crippen LogP contribution in [0.25, 0.3) is 10.2 Å². The van der Waals surface area contributed by atoms with Crippen LogP contribution in [-0.4, -0.2) is 33.0 Å². The Hall–Kier alpha value is -1.96. The maximum absolute atomic E-state index is 12.5. The smallest absolute Gasteiger partial charge is 0.240 e. The number of hydrogen-bond donors (Lipinski definition) is 1. The molecule has 3 aromatic rings. The van der Waals surface area contributed by atoms with Crippen LogP contribution in [0.5, 0.6) is 0 Å². The van der Waals surface area contributed by atoms with Crippen LogP contribution < -0.4 is 9.62 Å². The van der Waals surface area contributed by atoms with Crippen LogP contribution >= 0.6 is 11.3 Å². The Balaban J connectivity index is 1.32. The number of nitrogens with zero attached hydrogens (tertiary/aromatic N) is 2. The van der Waals surface area contributed by atoms with Crippen molar-refractivity contribution in [1.29, 1.82) is 0 Å². The summed E-state index contributed by atoms with van der Waals surface area (Å²) in [6.07, 6.45) is 2.83. The predicted molar refractivity (Wildman–Crippen MR) is 116 cm³/mol. The summed E-state index contributed by atoms with van der Waals surface area (Å²) in [6, 6.07) is 15.3. The van der Waals surface area contributed by atoms with Gasteiger partial charge in [0.2, 0.25) is 10.0 Å². The van der Waals surface area contributed by atoms with Crippen molar-refractivity contribution in [1.82, 2.24) is 9.71 Å². The molecule has 1 aromatic heterocycles. The maximum Gasteiger partial charge on any atom is 0.240 e. The van der Waals surface area contributed by atoms with Crippen LogP contribution in [0.1, 0.15) is 25.3 Å². The lowest BCUT2D eigenvalue weighted by atomic mass is 9.97. The molecule has 0 atom stereocenters. The van der Waals surface area contributed by atoms with Crippen LogP contribution in [-0.2, 0) is 16.4 Å². The number of sulfonamides is 1. The van der Waals surface area contributed by atoms with Gasteiger partial charge in [0.05, 0.1) is 15.1 Å². The van der Waals surface area contributed by atoms with Crippen molar-refractivity contribution in [2.75, 3.05) is 24.5 Å². The second-order valence-electron chi connectivity index (χ2n) is 7.24. The summed E-state index contributed by atoms with van der Waals surface area (Å²) >= 11 is 1.73. The van der Waals surface area contributed by atoms with Crippen molar-refractivity contribution < 1.29 is 8.42 Å². The first kappa shape index (κ1) is 19.4. The van der Waals surface area contributed by atoms with Crippen LogP contribution in [0.2, 0.25) is 0 Å². The molecule has 2 heterocycles. The summed E-state index contributed by atoms with van der Waals surface area (Å²) < 4.78 is 29.1. The Kier molecular flexibility index (Phi) is 5.66. The maximum atomic E-state index is 12.5. The lowest BCUT2D eigenvalue weighted by Crippen LogP contribution is -2.38. The van der Waals surface area contributed by atoms with E-state index in [0.717, 1.165) is 48.6 Å². The average Bonchev–Trinajstić information content (AvgIpc) is 3.17. The zero-order valence-corrected chi connectivity index (χ0v) is 17.6. The van der Waals surface area contributed by atoms with Gasteiger partial charge in [0, 0.05) is 19.6 Å². The Morgan fingerprint density at radius 3 is 2.50 bits per heavy atom. The van der Waals surface area contributed by atoms with Gasteiger partial charge in [0.15, 0.2) is 5.13 Å². The molecule has 1 aliphatic rings. The third-order valence-electron chi connectivity index (χ3n) is 5.37. The highest BCUT2D eigenvalue weighted by molar-refractivity contribution is 7.89. The van der Waals surface area contributed by atoms with Gasteiger partial charge in [-0.1, -0.05) is 42.5 Å². The van der Waals surface area contributed by atoms with Crippen LogP contribution in [0.15, 0.2) is 53.4 Å². The first-order valence-corrected chi connectivity index (χ1v) is 12.0. The molecule has 5 nitrogen and oxygen atoms in total. The second-order valence-corrected chi connectivity index (χ2v) is 10.0. The van der Waals surface area contributed by atoms with E-state index in [1.165, 1.54) is 4.70 Å². The fraction of sp³-hybridized carbons (Fsp3) is 0.381. The normalized spacial score (nSPS) is 16.0. The van der Waals surface area contributed by atoms with Gasteiger partial charge in [0.1, 0.15) is 0 Å². The molecule has 1 N–H and O–H groups in total. The molecule has 0 bridgehead atoms. The Morgan fingerprint density at radius 2 is 1.82 bits per heavy atom. The minimum Gasteiger partial charge on any atom is -0.348 e. The number of nitrogens with one attached hydrogen (secondary N) is 1. The van der Waals surface area contributed by atoms with Crippen LogP contribution in [0.4, 0.5) is 5.13 Å². The number of piperidine rings is 1. The van der Waals surface area contributed by atoms with Crippen molar-refractivity contribution in [2.24, 2.45) is 5.92 Å². The Labute approximate surface area is 170 Å². The number of aromatic nitrogens is 1. The zero-order chi connectivity index (χ0) is 19.6. The molecular weight excluding hydrogens is 390 g/mol. The Morgan fingerprint density at radius 1 is 1.11 bits per heavy atom. The number of anilines is 1. The van der Waals surface area contributed by atoms with E-state index in [0.29, 0.717) is 17.4 Å². The zero-order valence-electron chi connectivity index (χ0n) is 16.0. The summed E-state index contributed by atoms with van der Waals surface area (Å²) in [5.74, 6) is 0.357. The molecule has 0 aliphatic carbocycles. The van der Waals surface area contributed by atoms with E-state index in [2.05, 4.69) is 22.6 Å². The minimum absolute atomic E-state index is 0.344. The first-order chi connectivity index (χ1) is 13.5. The summed E-state index contributed by atoms with van der Waals surface area (Å²) in [5, 5.41) is 1.07. The van der Waals surface area contributed by atoms with Gasteiger partial charge in [-0.25, -0.2) is 18.1 Å². The molecule has 28 heavy (non-hydrogen) atoms. The number of hydrogen-bond acceptors (Lipinski definition) is 5. The number of para-hydroxylation sites is 1. The number of thiazole rings is 1. The molecule has 7 heteroatoms. The van der Waals surface area contributed by atoms with Crippen molar-refractivity contribution in [2.45, 2.75) is 31.1 Å². The van der Waals surface area contributed by atoms with Gasteiger partial charge in [-0.05, 0) is 55.0 Å². The standard InChI is InChI=1S/C21H25N3O2S2/c1-2-16-7-9-18(10-8-16)28(25,26)22-15-17-11-13-24(14-12-17)21-23-19-5-3-4-6-20(19)27-21/h3-10,17,22H,2,11-15H2,1H3. The third-order valence-corrected chi connectivity index (χ3v) is 7.91. The van der Waals surface area contributed by atoms with Gasteiger partial charge in [-0.15, -0.1) is 0 Å². The summed E-state index contributed by atoms with van der Waals surface area (Å²) in [7, 11) is -3.44.